The van der Waals surface area contributed by atoms with Gasteiger partial charge < -0.3 is 14.9 Å². The van der Waals surface area contributed by atoms with Gasteiger partial charge in [0.25, 0.3) is 0 Å². The Morgan fingerprint density at radius 2 is 2.00 bits per heavy atom. The predicted molar refractivity (Wildman–Crippen MR) is 76.6 cm³/mol. The Bertz CT molecular complexity index is 467. The molecular formula is C16H20O4. The summed E-state index contributed by atoms with van der Waals surface area (Å²) in [5.74, 6) is 5.99. The van der Waals surface area contributed by atoms with Crippen molar-refractivity contribution in [1.82, 2.24) is 0 Å². The predicted octanol–water partition coefficient (Wildman–Crippen LogP) is 2.44. The second kappa shape index (κ2) is 9.00. The van der Waals surface area contributed by atoms with Crippen LogP contribution in [0.5, 0.6) is 5.75 Å². The number of hydrogen-bond acceptors (Lipinski definition) is 3. The Kier molecular flexibility index (Phi) is 7.23. The molecule has 1 atom stereocenters. The summed E-state index contributed by atoms with van der Waals surface area (Å²) >= 11 is 0. The zero-order valence-corrected chi connectivity index (χ0v) is 11.6. The van der Waals surface area contributed by atoms with Crippen molar-refractivity contribution in [3.63, 3.8) is 0 Å². The van der Waals surface area contributed by atoms with Crippen LogP contribution in [0.1, 0.15) is 37.7 Å². The van der Waals surface area contributed by atoms with Crippen molar-refractivity contribution in [2.75, 3.05) is 7.11 Å². The Balaban J connectivity index is 2.26. The van der Waals surface area contributed by atoms with Crippen LogP contribution in [0.3, 0.4) is 0 Å². The van der Waals surface area contributed by atoms with Gasteiger partial charge in [0, 0.05) is 18.4 Å². The number of rotatable bonds is 7. The number of aliphatic hydroxyl groups is 1. The van der Waals surface area contributed by atoms with Gasteiger partial charge in [0.2, 0.25) is 0 Å². The molecule has 0 bridgehead atoms. The van der Waals surface area contributed by atoms with E-state index in [1.807, 2.05) is 24.3 Å². The number of hydrogen-bond donors (Lipinski definition) is 2. The molecule has 1 rings (SSSR count). The highest BCUT2D eigenvalue weighted by Crippen LogP contribution is 2.10. The number of methoxy groups -OCH3 is 1. The van der Waals surface area contributed by atoms with E-state index in [1.165, 1.54) is 0 Å². The van der Waals surface area contributed by atoms with E-state index >= 15 is 0 Å². The lowest BCUT2D eigenvalue weighted by Crippen LogP contribution is -2.07. The van der Waals surface area contributed by atoms with Crippen LogP contribution in [0.4, 0.5) is 0 Å². The molecular weight excluding hydrogens is 256 g/mol. The minimum Gasteiger partial charge on any atom is -0.497 e. The summed E-state index contributed by atoms with van der Waals surface area (Å²) in [6, 6.07) is 7.47. The van der Waals surface area contributed by atoms with Crippen molar-refractivity contribution in [3.05, 3.63) is 29.8 Å². The topological polar surface area (TPSA) is 66.8 Å². The third kappa shape index (κ3) is 6.81. The van der Waals surface area contributed by atoms with Crippen LogP contribution in [0.2, 0.25) is 0 Å². The SMILES string of the molecule is COc1ccc(C#CCCC(O)CCCC(=O)O)cc1. The number of benzene rings is 1. The summed E-state index contributed by atoms with van der Waals surface area (Å²) in [5.41, 5.74) is 0.908. The second-order valence-electron chi connectivity index (χ2n) is 4.51. The minimum absolute atomic E-state index is 0.106. The number of carboxylic acids is 1. The number of carboxylic acid groups (broad SMARTS) is 1. The largest absolute Gasteiger partial charge is 0.497 e. The molecule has 0 radical (unpaired) electrons. The van der Waals surface area contributed by atoms with Crippen LogP contribution < -0.4 is 4.74 Å². The van der Waals surface area contributed by atoms with E-state index in [4.69, 9.17) is 9.84 Å². The van der Waals surface area contributed by atoms with Gasteiger partial charge in [0.1, 0.15) is 5.75 Å². The number of aliphatic carboxylic acids is 1. The van der Waals surface area contributed by atoms with Gasteiger partial charge in [-0.15, -0.1) is 0 Å². The zero-order chi connectivity index (χ0) is 14.8. The molecule has 0 saturated heterocycles. The van der Waals surface area contributed by atoms with Crippen molar-refractivity contribution in [2.45, 2.75) is 38.2 Å². The molecule has 108 valence electrons. The average molecular weight is 276 g/mol. The van der Waals surface area contributed by atoms with Crippen molar-refractivity contribution in [1.29, 1.82) is 0 Å². The summed E-state index contributed by atoms with van der Waals surface area (Å²) < 4.78 is 5.06. The van der Waals surface area contributed by atoms with E-state index in [2.05, 4.69) is 11.8 Å². The first-order valence-electron chi connectivity index (χ1n) is 6.64. The quantitative estimate of drug-likeness (QED) is 0.751. The van der Waals surface area contributed by atoms with Crippen molar-refractivity contribution < 1.29 is 19.7 Å². The molecule has 0 aliphatic rings. The molecule has 4 heteroatoms. The van der Waals surface area contributed by atoms with Gasteiger partial charge in [-0.25, -0.2) is 0 Å². The number of aliphatic hydroxyl groups excluding tert-OH is 1. The second-order valence-corrected chi connectivity index (χ2v) is 4.51. The fourth-order valence-electron chi connectivity index (χ4n) is 1.71. The third-order valence-corrected chi connectivity index (χ3v) is 2.85. The van der Waals surface area contributed by atoms with Gasteiger partial charge in [-0.3, -0.25) is 4.79 Å². The van der Waals surface area contributed by atoms with E-state index in [1.54, 1.807) is 7.11 Å². The molecule has 0 amide bonds. The summed E-state index contributed by atoms with van der Waals surface area (Å²) in [4.78, 5) is 10.3. The zero-order valence-electron chi connectivity index (χ0n) is 11.6. The highest BCUT2D eigenvalue weighted by molar-refractivity contribution is 5.66. The van der Waals surface area contributed by atoms with Gasteiger partial charge in [-0.05, 0) is 43.5 Å². The first-order chi connectivity index (χ1) is 9.61. The molecule has 4 nitrogen and oxygen atoms in total. The molecule has 0 fully saturated rings. The van der Waals surface area contributed by atoms with Crippen molar-refractivity contribution >= 4 is 5.97 Å². The van der Waals surface area contributed by atoms with Crippen LogP contribution in [0, 0.1) is 11.8 Å². The van der Waals surface area contributed by atoms with E-state index in [0.717, 1.165) is 11.3 Å². The van der Waals surface area contributed by atoms with Crippen molar-refractivity contribution in [3.8, 4) is 17.6 Å². The molecule has 1 unspecified atom stereocenters. The highest BCUT2D eigenvalue weighted by atomic mass is 16.5. The maximum atomic E-state index is 10.3. The Morgan fingerprint density at radius 1 is 1.30 bits per heavy atom. The Morgan fingerprint density at radius 3 is 2.60 bits per heavy atom. The molecule has 0 aliphatic heterocycles. The Labute approximate surface area is 119 Å². The van der Waals surface area contributed by atoms with E-state index in [0.29, 0.717) is 25.7 Å². The van der Waals surface area contributed by atoms with Crippen LogP contribution >= 0.6 is 0 Å². The average Bonchev–Trinajstić information content (AvgIpc) is 2.44. The van der Waals surface area contributed by atoms with Crippen LogP contribution in [0.25, 0.3) is 0 Å². The van der Waals surface area contributed by atoms with Crippen LogP contribution in [0.15, 0.2) is 24.3 Å². The maximum Gasteiger partial charge on any atom is 0.303 e. The molecule has 0 aromatic heterocycles. The molecule has 0 spiro atoms. The van der Waals surface area contributed by atoms with Crippen molar-refractivity contribution in [2.24, 2.45) is 0 Å². The molecule has 0 saturated carbocycles. The fraction of sp³-hybridized carbons (Fsp3) is 0.438. The molecule has 1 aromatic carbocycles. The summed E-state index contributed by atoms with van der Waals surface area (Å²) in [7, 11) is 1.62. The monoisotopic (exact) mass is 276 g/mol. The fourth-order valence-corrected chi connectivity index (χ4v) is 1.71. The molecule has 0 heterocycles. The number of carbonyl (C=O) groups is 1. The van der Waals surface area contributed by atoms with Gasteiger partial charge >= 0.3 is 5.97 Å². The molecule has 0 aliphatic carbocycles. The Hall–Kier alpha value is -1.99. The molecule has 20 heavy (non-hydrogen) atoms. The normalized spacial score (nSPS) is 11.3. The van der Waals surface area contributed by atoms with E-state index in [9.17, 15) is 9.90 Å². The van der Waals surface area contributed by atoms with Gasteiger partial charge in [0.05, 0.1) is 13.2 Å². The third-order valence-electron chi connectivity index (χ3n) is 2.85. The number of ether oxygens (including phenoxy) is 1. The minimum atomic E-state index is -0.823. The standard InChI is InChI=1S/C16H20O4/c1-20-15-11-9-13(10-12-15)5-2-3-6-14(17)7-4-8-16(18)19/h9-12,14,17H,3-4,6-8H2,1H3,(H,18,19). The molecule has 2 N–H and O–H groups in total. The lowest BCUT2D eigenvalue weighted by Gasteiger charge is -2.06. The smallest absolute Gasteiger partial charge is 0.303 e. The lowest BCUT2D eigenvalue weighted by atomic mass is 10.1. The highest BCUT2D eigenvalue weighted by Gasteiger charge is 2.04. The first-order valence-corrected chi connectivity index (χ1v) is 6.64. The summed E-state index contributed by atoms with van der Waals surface area (Å²) in [6.45, 7) is 0. The van der Waals surface area contributed by atoms with E-state index in [-0.39, 0.29) is 6.42 Å². The summed E-state index contributed by atoms with van der Waals surface area (Å²) in [6.07, 6.45) is 1.82. The van der Waals surface area contributed by atoms with Gasteiger partial charge in [-0.2, -0.15) is 0 Å². The summed E-state index contributed by atoms with van der Waals surface area (Å²) in [5, 5.41) is 18.1. The van der Waals surface area contributed by atoms with Gasteiger partial charge in [0.15, 0.2) is 0 Å². The van der Waals surface area contributed by atoms with Crippen LogP contribution in [-0.2, 0) is 4.79 Å². The first kappa shape index (κ1) is 16.1. The maximum absolute atomic E-state index is 10.3. The van der Waals surface area contributed by atoms with E-state index < -0.39 is 12.1 Å². The van der Waals surface area contributed by atoms with Crippen LogP contribution in [-0.4, -0.2) is 29.4 Å². The molecule has 1 aromatic rings. The lowest BCUT2D eigenvalue weighted by molar-refractivity contribution is -0.137. The van der Waals surface area contributed by atoms with Gasteiger partial charge in [-0.1, -0.05) is 11.8 Å².